The Hall–Kier alpha value is -2.11. The van der Waals surface area contributed by atoms with Crippen LogP contribution >= 0.6 is 0 Å². The molecule has 1 saturated heterocycles. The summed E-state index contributed by atoms with van der Waals surface area (Å²) in [5.41, 5.74) is 0.865. The molecule has 28 heavy (non-hydrogen) atoms. The van der Waals surface area contributed by atoms with Gasteiger partial charge in [0.2, 0.25) is 0 Å². The molecule has 2 fully saturated rings. The minimum atomic E-state index is -0.506. The lowest BCUT2D eigenvalue weighted by Crippen LogP contribution is -2.30. The second-order valence-electron chi connectivity index (χ2n) is 6.91. The lowest BCUT2D eigenvalue weighted by atomic mass is 9.82. The normalized spacial score (nSPS) is 22.9. The standard InChI is InChI=1S/C18H24N2O8/c21-10-16-6-3-14(9-17(16)19(23)24)12-25-11-13-1-4-15(5-2-13)18(22)28-20-26-7-8-27-20/h3,6,9,13,15,21H,1-2,4-5,7-8,10-12H2. The number of ether oxygens (including phenoxy) is 1. The number of carbonyl (C=O) groups is 1. The zero-order chi connectivity index (χ0) is 19.9. The topological polar surface area (TPSA) is 121 Å². The maximum absolute atomic E-state index is 12.1. The Morgan fingerprint density at radius 1 is 1.25 bits per heavy atom. The highest BCUT2D eigenvalue weighted by atomic mass is 17.2. The monoisotopic (exact) mass is 396 g/mol. The molecule has 0 unspecified atom stereocenters. The molecule has 0 atom stereocenters. The van der Waals surface area contributed by atoms with Crippen molar-refractivity contribution in [1.29, 1.82) is 0 Å². The van der Waals surface area contributed by atoms with Crippen molar-refractivity contribution in [2.75, 3.05) is 19.8 Å². The summed E-state index contributed by atoms with van der Waals surface area (Å²) in [4.78, 5) is 37.6. The molecule has 10 nitrogen and oxygen atoms in total. The average Bonchev–Trinajstić information content (AvgIpc) is 3.21. The summed E-state index contributed by atoms with van der Waals surface area (Å²) in [6.45, 7) is 1.14. The van der Waals surface area contributed by atoms with Crippen molar-refractivity contribution in [2.45, 2.75) is 38.9 Å². The molecule has 0 aromatic heterocycles. The molecule has 1 N–H and O–H groups in total. The molecule has 1 saturated carbocycles. The van der Waals surface area contributed by atoms with E-state index in [9.17, 15) is 14.9 Å². The van der Waals surface area contributed by atoms with Crippen molar-refractivity contribution in [3.8, 4) is 0 Å². The van der Waals surface area contributed by atoms with E-state index in [-0.39, 0.29) is 36.4 Å². The van der Waals surface area contributed by atoms with Crippen LogP contribution in [0.15, 0.2) is 18.2 Å². The number of nitrogens with zero attached hydrogens (tertiary/aromatic N) is 2. The van der Waals surface area contributed by atoms with Gasteiger partial charge >= 0.3 is 5.97 Å². The minimum absolute atomic E-state index is 0.103. The number of aliphatic hydroxyl groups excluding tert-OH is 1. The van der Waals surface area contributed by atoms with E-state index >= 15 is 0 Å². The van der Waals surface area contributed by atoms with Crippen molar-refractivity contribution in [1.82, 2.24) is 5.39 Å². The largest absolute Gasteiger partial charge is 0.391 e. The van der Waals surface area contributed by atoms with Crippen molar-refractivity contribution in [2.24, 2.45) is 11.8 Å². The van der Waals surface area contributed by atoms with Gasteiger partial charge in [-0.15, -0.1) is 0 Å². The first-order valence-electron chi connectivity index (χ1n) is 9.29. The van der Waals surface area contributed by atoms with Gasteiger partial charge in [-0.2, -0.15) is 0 Å². The second kappa shape index (κ2) is 9.89. The predicted octanol–water partition coefficient (Wildman–Crippen LogP) is 2.05. The van der Waals surface area contributed by atoms with E-state index in [0.29, 0.717) is 44.1 Å². The fourth-order valence-corrected chi connectivity index (χ4v) is 3.37. The first kappa shape index (κ1) is 20.6. The molecular weight excluding hydrogens is 372 g/mol. The molecular formula is C18H24N2O8. The van der Waals surface area contributed by atoms with E-state index in [1.54, 1.807) is 12.1 Å². The van der Waals surface area contributed by atoms with E-state index in [1.807, 2.05) is 0 Å². The highest BCUT2D eigenvalue weighted by molar-refractivity contribution is 5.72. The van der Waals surface area contributed by atoms with Crippen LogP contribution in [0.25, 0.3) is 0 Å². The second-order valence-corrected chi connectivity index (χ2v) is 6.91. The third-order valence-electron chi connectivity index (χ3n) is 4.96. The molecule has 2 aliphatic rings. The highest BCUT2D eigenvalue weighted by Gasteiger charge is 2.30. The minimum Gasteiger partial charge on any atom is -0.391 e. The zero-order valence-electron chi connectivity index (χ0n) is 15.5. The van der Waals surface area contributed by atoms with Gasteiger partial charge in [0.1, 0.15) is 18.6 Å². The predicted molar refractivity (Wildman–Crippen MR) is 94.0 cm³/mol. The van der Waals surface area contributed by atoms with Crippen LogP contribution < -0.4 is 0 Å². The lowest BCUT2D eigenvalue weighted by Gasteiger charge is -2.27. The van der Waals surface area contributed by atoms with E-state index in [4.69, 9.17) is 24.4 Å². The molecule has 1 heterocycles. The van der Waals surface area contributed by atoms with E-state index in [0.717, 1.165) is 18.2 Å². The number of rotatable bonds is 8. The fraction of sp³-hybridized carbons (Fsp3) is 0.611. The molecule has 0 spiro atoms. The van der Waals surface area contributed by atoms with Gasteiger partial charge in [-0.05, 0) is 43.2 Å². The number of nitro groups is 1. The molecule has 154 valence electrons. The average molecular weight is 396 g/mol. The highest BCUT2D eigenvalue weighted by Crippen LogP contribution is 2.30. The summed E-state index contributed by atoms with van der Waals surface area (Å²) in [5, 5.41) is 21.0. The Morgan fingerprint density at radius 2 is 1.96 bits per heavy atom. The summed E-state index contributed by atoms with van der Waals surface area (Å²) < 4.78 is 5.72. The Labute approximate surface area is 161 Å². The number of hydrogen-bond acceptors (Lipinski definition) is 9. The molecule has 3 rings (SSSR count). The van der Waals surface area contributed by atoms with Gasteiger partial charge in [0, 0.05) is 12.7 Å². The van der Waals surface area contributed by atoms with Gasteiger partial charge in [-0.3, -0.25) is 10.1 Å². The summed E-state index contributed by atoms with van der Waals surface area (Å²) in [5.74, 6) is -0.203. The van der Waals surface area contributed by atoms with Crippen LogP contribution in [0.5, 0.6) is 0 Å². The molecule has 1 aromatic carbocycles. The number of aliphatic hydroxyl groups is 1. The van der Waals surface area contributed by atoms with Gasteiger partial charge in [0.15, 0.2) is 0 Å². The smallest absolute Gasteiger partial charge is 0.333 e. The SMILES string of the molecule is O=C(ON1OCCO1)C1CCC(COCc2ccc(CO)c([N+](=O)[O-])c2)CC1. The van der Waals surface area contributed by atoms with Crippen LogP contribution in [-0.2, 0) is 37.3 Å². The van der Waals surface area contributed by atoms with Crippen molar-refractivity contribution < 1.29 is 34.1 Å². The fourth-order valence-electron chi connectivity index (χ4n) is 3.37. The molecule has 0 bridgehead atoms. The van der Waals surface area contributed by atoms with Crippen molar-refractivity contribution in [3.63, 3.8) is 0 Å². The maximum Gasteiger partial charge on any atom is 0.333 e. The third-order valence-corrected chi connectivity index (χ3v) is 4.96. The van der Waals surface area contributed by atoms with E-state index in [2.05, 4.69) is 0 Å². The quantitative estimate of drug-likeness (QED) is 0.520. The zero-order valence-corrected chi connectivity index (χ0v) is 15.5. The van der Waals surface area contributed by atoms with Crippen LogP contribution in [0.4, 0.5) is 5.69 Å². The summed E-state index contributed by atoms with van der Waals surface area (Å²) >= 11 is 0. The van der Waals surface area contributed by atoms with Crippen LogP contribution in [0.3, 0.4) is 0 Å². The lowest BCUT2D eigenvalue weighted by molar-refractivity contribution is -0.461. The molecule has 0 radical (unpaired) electrons. The van der Waals surface area contributed by atoms with Crippen LogP contribution in [0, 0.1) is 22.0 Å². The van der Waals surface area contributed by atoms with Crippen molar-refractivity contribution >= 4 is 11.7 Å². The number of benzene rings is 1. The first-order chi connectivity index (χ1) is 13.6. The molecule has 1 aliphatic heterocycles. The van der Waals surface area contributed by atoms with Crippen LogP contribution in [0.1, 0.15) is 36.8 Å². The Morgan fingerprint density at radius 3 is 2.61 bits per heavy atom. The summed E-state index contributed by atoms with van der Waals surface area (Å²) in [7, 11) is 0. The van der Waals surface area contributed by atoms with Gasteiger partial charge in [-0.25, -0.2) is 14.5 Å². The van der Waals surface area contributed by atoms with Gasteiger partial charge < -0.3 is 14.7 Å². The summed E-state index contributed by atoms with van der Waals surface area (Å²) in [6.07, 6.45) is 3.09. The molecule has 1 aromatic rings. The van der Waals surface area contributed by atoms with Gasteiger partial charge in [0.25, 0.3) is 5.69 Å². The first-order valence-corrected chi connectivity index (χ1v) is 9.29. The Kier molecular flexibility index (Phi) is 7.29. The van der Waals surface area contributed by atoms with Crippen LogP contribution in [-0.4, -0.2) is 41.2 Å². The van der Waals surface area contributed by atoms with E-state index < -0.39 is 4.92 Å². The molecule has 1 aliphatic carbocycles. The van der Waals surface area contributed by atoms with Gasteiger partial charge in [-0.1, -0.05) is 6.07 Å². The van der Waals surface area contributed by atoms with Gasteiger partial charge in [0.05, 0.1) is 29.6 Å². The Bertz CT molecular complexity index is 684. The third kappa shape index (κ3) is 5.46. The number of hydrogen-bond donors (Lipinski definition) is 1. The van der Waals surface area contributed by atoms with Crippen LogP contribution in [0.2, 0.25) is 0 Å². The summed E-state index contributed by atoms with van der Waals surface area (Å²) in [6, 6.07) is 4.69. The number of nitro benzene ring substituents is 1. The Balaban J connectivity index is 1.39. The van der Waals surface area contributed by atoms with E-state index in [1.165, 1.54) is 6.07 Å². The van der Waals surface area contributed by atoms with Crippen molar-refractivity contribution in [3.05, 3.63) is 39.4 Å². The maximum atomic E-state index is 12.1. The molecule has 0 amide bonds. The molecule has 10 heteroatoms. The number of carbonyl (C=O) groups excluding carboxylic acids is 1.